The van der Waals surface area contributed by atoms with Crippen LogP contribution in [-0.4, -0.2) is 108 Å². The predicted molar refractivity (Wildman–Crippen MR) is 154 cm³/mol. The van der Waals surface area contributed by atoms with E-state index < -0.39 is 11.8 Å². The van der Waals surface area contributed by atoms with Crippen molar-refractivity contribution in [1.29, 1.82) is 0 Å². The summed E-state index contributed by atoms with van der Waals surface area (Å²) < 4.78 is 30.7. The minimum atomic E-state index is -0.787. The van der Waals surface area contributed by atoms with Gasteiger partial charge in [0.15, 0.2) is 0 Å². The number of ether oxygens (including phenoxy) is 3. The zero-order chi connectivity index (χ0) is 29.7. The fourth-order valence-electron chi connectivity index (χ4n) is 5.36. The molecule has 42 heavy (non-hydrogen) atoms. The summed E-state index contributed by atoms with van der Waals surface area (Å²) in [4.78, 5) is 42.6. The number of nitrogens with zero attached hydrogens (tertiary/aromatic N) is 6. The molecule has 0 bridgehead atoms. The topological polar surface area (TPSA) is 101 Å². The normalized spacial score (nSPS) is 19.4. The van der Waals surface area contributed by atoms with E-state index in [-0.39, 0.29) is 31.3 Å². The zero-order valence-corrected chi connectivity index (χ0v) is 24.8. The molecule has 5 rings (SSSR count). The van der Waals surface area contributed by atoms with Gasteiger partial charge >= 0.3 is 18.2 Å². The van der Waals surface area contributed by atoms with Gasteiger partial charge in [-0.2, -0.15) is 9.97 Å². The summed E-state index contributed by atoms with van der Waals surface area (Å²) in [6.45, 7) is 10.7. The van der Waals surface area contributed by atoms with Crippen LogP contribution in [0.15, 0.2) is 30.3 Å². The van der Waals surface area contributed by atoms with E-state index >= 15 is 0 Å². The number of likely N-dealkylation sites (tertiary alicyclic amines) is 1. The molecular weight excluding hydrogens is 543 g/mol. The van der Waals surface area contributed by atoms with E-state index in [9.17, 15) is 14.0 Å². The highest BCUT2D eigenvalue weighted by Crippen LogP contribution is 2.30. The Hall–Kier alpha value is -3.67. The molecule has 4 heterocycles. The average molecular weight is 585 g/mol. The number of alkyl halides is 1. The van der Waals surface area contributed by atoms with Crippen molar-refractivity contribution >= 4 is 18.0 Å². The van der Waals surface area contributed by atoms with Crippen LogP contribution in [0.4, 0.5) is 19.8 Å². The SMILES string of the molecule is CC(C)(C)OC(=O)N1CCc2c(nc(OCCN3CC[C@H](F)C3)nc2N2CCN(C(=O)OCc3ccccc3)CC2)C1. The molecule has 0 radical (unpaired) electrons. The molecule has 0 N–H and O–H groups in total. The van der Waals surface area contributed by atoms with Crippen LogP contribution in [0.5, 0.6) is 6.01 Å². The van der Waals surface area contributed by atoms with E-state index in [0.29, 0.717) is 71.8 Å². The lowest BCUT2D eigenvalue weighted by atomic mass is 10.0. The van der Waals surface area contributed by atoms with Crippen molar-refractivity contribution in [2.75, 3.05) is 63.9 Å². The standard InChI is InChI=1S/C30H41FN6O5/c1-30(2,3)42-29(39)37-12-10-24-25(20-37)32-27(40-18-17-34-11-9-23(31)19-34)33-26(24)35-13-15-36(16-14-35)28(38)41-21-22-7-5-4-6-8-22/h4-8,23H,9-21H2,1-3H3/t23-/m0/s1. The maximum atomic E-state index is 13.6. The smallest absolute Gasteiger partial charge is 0.410 e. The maximum Gasteiger partial charge on any atom is 0.410 e. The predicted octanol–water partition coefficient (Wildman–Crippen LogP) is 3.65. The number of rotatable bonds is 7. The Morgan fingerprint density at radius 3 is 2.43 bits per heavy atom. The number of carbonyl (C=O) groups is 2. The fourth-order valence-corrected chi connectivity index (χ4v) is 5.36. The fraction of sp³-hybridized carbons (Fsp3) is 0.600. The maximum absolute atomic E-state index is 13.6. The van der Waals surface area contributed by atoms with Crippen LogP contribution in [0.25, 0.3) is 0 Å². The second-order valence-electron chi connectivity index (χ2n) is 12.0. The van der Waals surface area contributed by atoms with Crippen LogP contribution in [0.2, 0.25) is 0 Å². The molecule has 3 aliphatic rings. The third kappa shape index (κ3) is 7.78. The van der Waals surface area contributed by atoms with Crippen molar-refractivity contribution in [2.45, 2.75) is 58.5 Å². The van der Waals surface area contributed by atoms with Crippen molar-refractivity contribution in [1.82, 2.24) is 24.7 Å². The molecule has 2 fully saturated rings. The minimum Gasteiger partial charge on any atom is -0.462 e. The van der Waals surface area contributed by atoms with Gasteiger partial charge in [-0.15, -0.1) is 0 Å². The van der Waals surface area contributed by atoms with Gasteiger partial charge in [0.25, 0.3) is 0 Å². The number of fused-ring (bicyclic) bond motifs is 1. The molecule has 0 saturated carbocycles. The highest BCUT2D eigenvalue weighted by atomic mass is 19.1. The van der Waals surface area contributed by atoms with Gasteiger partial charge < -0.3 is 28.9 Å². The van der Waals surface area contributed by atoms with Gasteiger partial charge in [-0.1, -0.05) is 30.3 Å². The van der Waals surface area contributed by atoms with Crippen LogP contribution in [0, 0.1) is 0 Å². The Labute approximate surface area is 246 Å². The van der Waals surface area contributed by atoms with E-state index in [4.69, 9.17) is 19.2 Å². The number of benzene rings is 1. The lowest BCUT2D eigenvalue weighted by Gasteiger charge is -2.37. The molecule has 3 aliphatic heterocycles. The second kappa shape index (κ2) is 13.1. The Morgan fingerprint density at radius 1 is 0.976 bits per heavy atom. The molecule has 2 aromatic rings. The van der Waals surface area contributed by atoms with Gasteiger partial charge in [-0.25, -0.2) is 14.0 Å². The molecular formula is C30H41FN6O5. The Balaban J connectivity index is 1.26. The van der Waals surface area contributed by atoms with Crippen molar-refractivity contribution in [2.24, 2.45) is 0 Å². The molecule has 0 unspecified atom stereocenters. The van der Waals surface area contributed by atoms with Crippen molar-refractivity contribution in [3.63, 3.8) is 0 Å². The van der Waals surface area contributed by atoms with E-state index in [1.165, 1.54) is 0 Å². The number of carbonyl (C=O) groups excluding carboxylic acids is 2. The van der Waals surface area contributed by atoms with Crippen LogP contribution >= 0.6 is 0 Å². The average Bonchev–Trinajstić information content (AvgIpc) is 3.39. The van der Waals surface area contributed by atoms with Crippen molar-refractivity contribution < 1.29 is 28.2 Å². The number of aromatic nitrogens is 2. The lowest BCUT2D eigenvalue weighted by molar-refractivity contribution is 0.0220. The molecule has 0 spiro atoms. The summed E-state index contributed by atoms with van der Waals surface area (Å²) >= 11 is 0. The molecule has 2 saturated heterocycles. The summed E-state index contributed by atoms with van der Waals surface area (Å²) in [6.07, 6.45) is -0.378. The van der Waals surface area contributed by atoms with E-state index in [2.05, 4.69) is 9.88 Å². The summed E-state index contributed by atoms with van der Waals surface area (Å²) in [7, 11) is 0. The number of hydrogen-bond acceptors (Lipinski definition) is 9. The van der Waals surface area contributed by atoms with Gasteiger partial charge in [0, 0.05) is 57.9 Å². The third-order valence-electron chi connectivity index (χ3n) is 7.57. The summed E-state index contributed by atoms with van der Waals surface area (Å²) in [5.74, 6) is 0.765. The first-order valence-corrected chi connectivity index (χ1v) is 14.7. The molecule has 0 aliphatic carbocycles. The molecule has 1 aromatic heterocycles. The summed E-state index contributed by atoms with van der Waals surface area (Å²) in [5.41, 5.74) is 2.04. The molecule has 12 heteroatoms. The van der Waals surface area contributed by atoms with Gasteiger partial charge in [0.1, 0.15) is 30.8 Å². The quantitative estimate of drug-likeness (QED) is 0.483. The third-order valence-corrected chi connectivity index (χ3v) is 7.57. The zero-order valence-electron chi connectivity index (χ0n) is 24.8. The number of halogens is 1. The number of anilines is 1. The first-order valence-electron chi connectivity index (χ1n) is 14.7. The monoisotopic (exact) mass is 584 g/mol. The van der Waals surface area contributed by atoms with Gasteiger partial charge in [-0.05, 0) is 39.2 Å². The first-order chi connectivity index (χ1) is 20.1. The van der Waals surface area contributed by atoms with Gasteiger partial charge in [-0.3, -0.25) is 4.90 Å². The molecule has 228 valence electrons. The molecule has 1 atom stereocenters. The van der Waals surface area contributed by atoms with Gasteiger partial charge in [0.2, 0.25) is 0 Å². The largest absolute Gasteiger partial charge is 0.462 e. The lowest BCUT2D eigenvalue weighted by Crippen LogP contribution is -2.50. The van der Waals surface area contributed by atoms with E-state index in [0.717, 1.165) is 22.6 Å². The molecule has 11 nitrogen and oxygen atoms in total. The number of amides is 2. The van der Waals surface area contributed by atoms with Gasteiger partial charge in [0.05, 0.1) is 12.2 Å². The van der Waals surface area contributed by atoms with Crippen LogP contribution in [0.1, 0.15) is 44.0 Å². The van der Waals surface area contributed by atoms with E-state index in [1.54, 1.807) is 9.80 Å². The summed E-state index contributed by atoms with van der Waals surface area (Å²) in [6, 6.07) is 9.85. The minimum absolute atomic E-state index is 0.232. The van der Waals surface area contributed by atoms with Crippen molar-refractivity contribution in [3.05, 3.63) is 47.2 Å². The Morgan fingerprint density at radius 2 is 1.74 bits per heavy atom. The molecule has 2 amide bonds. The Kier molecular flexibility index (Phi) is 9.30. The first kappa shape index (κ1) is 29.8. The summed E-state index contributed by atoms with van der Waals surface area (Å²) in [5, 5.41) is 0. The Bertz CT molecular complexity index is 1230. The van der Waals surface area contributed by atoms with Crippen molar-refractivity contribution in [3.8, 4) is 6.01 Å². The van der Waals surface area contributed by atoms with Crippen LogP contribution in [-0.2, 0) is 29.0 Å². The van der Waals surface area contributed by atoms with E-state index in [1.807, 2.05) is 56.0 Å². The highest BCUT2D eigenvalue weighted by molar-refractivity contribution is 5.69. The van der Waals surface area contributed by atoms with Crippen LogP contribution in [0.3, 0.4) is 0 Å². The molecule has 1 aromatic carbocycles. The number of hydrogen-bond donors (Lipinski definition) is 0. The second-order valence-corrected chi connectivity index (χ2v) is 12.0. The highest BCUT2D eigenvalue weighted by Gasteiger charge is 2.32. The van der Waals surface area contributed by atoms with Crippen LogP contribution < -0.4 is 9.64 Å². The number of piperazine rings is 1.